The third-order valence-corrected chi connectivity index (χ3v) is 4.39. The second-order valence-electron chi connectivity index (χ2n) is 6.97. The molecule has 0 amide bonds. The number of rotatable bonds is 9. The molecule has 8 heteroatoms. The molecule has 2 bridgehead atoms. The van der Waals surface area contributed by atoms with E-state index in [1.165, 1.54) is 0 Å². The van der Waals surface area contributed by atoms with Gasteiger partial charge in [-0.15, -0.1) is 0 Å². The summed E-state index contributed by atoms with van der Waals surface area (Å²) in [5.74, 6) is -2.17. The lowest BCUT2D eigenvalue weighted by Crippen LogP contribution is -2.12. The maximum absolute atomic E-state index is 11.5. The summed E-state index contributed by atoms with van der Waals surface area (Å²) in [4.78, 5) is 43.2. The Kier molecular flexibility index (Phi) is 12.6. The molecule has 1 aromatic rings. The topological polar surface area (TPSA) is 127 Å². The molecule has 0 atom stereocenters. The summed E-state index contributed by atoms with van der Waals surface area (Å²) < 4.78 is 10.1. The van der Waals surface area contributed by atoms with Gasteiger partial charge in [-0.25, -0.2) is 9.59 Å². The van der Waals surface area contributed by atoms with Crippen LogP contribution in [0.25, 0.3) is 0 Å². The Labute approximate surface area is 176 Å². The van der Waals surface area contributed by atoms with Gasteiger partial charge >= 0.3 is 23.9 Å². The Hall–Kier alpha value is -2.90. The van der Waals surface area contributed by atoms with Gasteiger partial charge < -0.3 is 19.7 Å². The summed E-state index contributed by atoms with van der Waals surface area (Å²) in [5.41, 5.74) is 0.911. The predicted molar refractivity (Wildman–Crippen MR) is 108 cm³/mol. The molecule has 2 aliphatic heterocycles. The quantitative estimate of drug-likeness (QED) is 0.450. The van der Waals surface area contributed by atoms with Crippen LogP contribution in [0.2, 0.25) is 0 Å². The third-order valence-electron chi connectivity index (χ3n) is 4.39. The molecule has 0 saturated heterocycles. The number of benzene rings is 1. The number of hydrogen-bond acceptors (Lipinski definition) is 6. The van der Waals surface area contributed by atoms with Crippen LogP contribution in [0.5, 0.6) is 0 Å². The van der Waals surface area contributed by atoms with E-state index in [0.29, 0.717) is 37.2 Å². The molecule has 30 heavy (non-hydrogen) atoms. The molecule has 0 radical (unpaired) electrons. The number of aliphatic carboxylic acids is 2. The van der Waals surface area contributed by atoms with Crippen molar-refractivity contribution in [2.24, 2.45) is 0 Å². The highest BCUT2D eigenvalue weighted by atomic mass is 16.5. The molecule has 0 aliphatic carbocycles. The van der Waals surface area contributed by atoms with E-state index in [4.69, 9.17) is 19.7 Å². The monoisotopic (exact) mass is 422 g/mol. The van der Waals surface area contributed by atoms with E-state index >= 15 is 0 Å². The Balaban J connectivity index is 0.000000304. The van der Waals surface area contributed by atoms with Crippen LogP contribution in [0.4, 0.5) is 0 Å². The first-order valence-corrected chi connectivity index (χ1v) is 10.3. The second kappa shape index (κ2) is 15.0. The van der Waals surface area contributed by atoms with Gasteiger partial charge in [-0.1, -0.05) is 25.7 Å². The highest BCUT2D eigenvalue weighted by molar-refractivity contribution is 5.93. The van der Waals surface area contributed by atoms with Crippen molar-refractivity contribution >= 4 is 23.9 Å². The van der Waals surface area contributed by atoms with E-state index in [1.807, 2.05) is 0 Å². The first-order valence-electron chi connectivity index (χ1n) is 10.3. The lowest BCUT2D eigenvalue weighted by atomic mass is 10.1. The summed E-state index contributed by atoms with van der Waals surface area (Å²) in [6, 6.07) is 6.28. The van der Waals surface area contributed by atoms with Gasteiger partial charge in [0.2, 0.25) is 0 Å². The van der Waals surface area contributed by atoms with Gasteiger partial charge in [-0.3, -0.25) is 9.59 Å². The largest absolute Gasteiger partial charge is 0.481 e. The van der Waals surface area contributed by atoms with Crippen LogP contribution in [0.15, 0.2) is 24.3 Å². The number of carbonyl (C=O) groups is 4. The Bertz CT molecular complexity index is 622. The number of carbonyl (C=O) groups excluding carboxylic acids is 2. The highest BCUT2D eigenvalue weighted by Crippen LogP contribution is 2.10. The van der Waals surface area contributed by atoms with Crippen LogP contribution >= 0.6 is 0 Å². The number of fused-ring (bicyclic) bond motifs is 9. The smallest absolute Gasteiger partial charge is 0.338 e. The molecular weight excluding hydrogens is 392 g/mol. The van der Waals surface area contributed by atoms with Crippen LogP contribution in [-0.2, 0) is 19.1 Å². The molecule has 1 aromatic carbocycles. The van der Waals surface area contributed by atoms with E-state index in [-0.39, 0.29) is 24.8 Å². The third kappa shape index (κ3) is 11.8. The van der Waals surface area contributed by atoms with E-state index in [1.54, 1.807) is 24.3 Å². The van der Waals surface area contributed by atoms with Crippen molar-refractivity contribution in [1.82, 2.24) is 0 Å². The number of carboxylic acids is 2. The molecule has 166 valence electrons. The molecule has 0 aromatic heterocycles. The lowest BCUT2D eigenvalue weighted by Gasteiger charge is -2.09. The molecule has 0 fully saturated rings. The Morgan fingerprint density at radius 2 is 1.00 bits per heavy atom. The maximum atomic E-state index is 11.5. The summed E-state index contributed by atoms with van der Waals surface area (Å²) in [6.45, 7) is 0.719. The first-order chi connectivity index (χ1) is 14.4. The molecule has 8 nitrogen and oxygen atoms in total. The van der Waals surface area contributed by atoms with Crippen LogP contribution in [0.3, 0.4) is 0 Å². The van der Waals surface area contributed by atoms with Crippen molar-refractivity contribution in [3.8, 4) is 0 Å². The van der Waals surface area contributed by atoms with Gasteiger partial charge in [0, 0.05) is 12.8 Å². The Morgan fingerprint density at radius 1 is 0.667 bits per heavy atom. The van der Waals surface area contributed by atoms with E-state index in [0.717, 1.165) is 38.5 Å². The average molecular weight is 422 g/mol. The Morgan fingerprint density at radius 3 is 1.33 bits per heavy atom. The summed E-state index contributed by atoms with van der Waals surface area (Å²) >= 11 is 0. The number of ether oxygens (including phenoxy) is 2. The number of esters is 2. The lowest BCUT2D eigenvalue weighted by molar-refractivity contribution is -0.138. The van der Waals surface area contributed by atoms with E-state index < -0.39 is 11.9 Å². The minimum atomic E-state index is -0.740. The molecule has 2 N–H and O–H groups in total. The fourth-order valence-corrected chi connectivity index (χ4v) is 2.70. The number of hydrogen-bond donors (Lipinski definition) is 2. The van der Waals surface area contributed by atoms with E-state index in [9.17, 15) is 19.2 Å². The van der Waals surface area contributed by atoms with Crippen LogP contribution in [-0.4, -0.2) is 47.3 Å². The zero-order valence-electron chi connectivity index (χ0n) is 17.1. The second-order valence-corrected chi connectivity index (χ2v) is 6.97. The van der Waals surface area contributed by atoms with E-state index in [2.05, 4.69) is 0 Å². The van der Waals surface area contributed by atoms with Crippen LogP contribution < -0.4 is 0 Å². The van der Waals surface area contributed by atoms with Crippen molar-refractivity contribution < 1.29 is 38.9 Å². The van der Waals surface area contributed by atoms with Crippen molar-refractivity contribution in [3.05, 3.63) is 35.4 Å². The molecule has 0 spiro atoms. The highest BCUT2D eigenvalue weighted by Gasteiger charge is 2.12. The van der Waals surface area contributed by atoms with Crippen molar-refractivity contribution in [2.75, 3.05) is 13.2 Å². The summed E-state index contributed by atoms with van der Waals surface area (Å²) in [7, 11) is 0. The minimum Gasteiger partial charge on any atom is -0.481 e. The predicted octanol–water partition coefficient (Wildman–Crippen LogP) is 4.07. The first kappa shape index (κ1) is 25.1. The van der Waals surface area contributed by atoms with Crippen molar-refractivity contribution in [2.45, 2.75) is 64.2 Å². The average Bonchev–Trinajstić information content (AvgIpc) is 2.71. The standard InChI is InChI=1S/C12H12O4.C10H18O4/c13-11-9-3-5-10(6-4-9)12(14)16-8-2-1-7-15-11;11-9(12)7-5-3-1-2-4-6-8-10(13)14/h3-6H,1-2,7-8H2;1-8H2,(H,11,12)(H,13,14). The zero-order chi connectivity index (χ0) is 22.2. The minimum absolute atomic E-state index is 0.245. The van der Waals surface area contributed by atoms with Crippen LogP contribution in [0.1, 0.15) is 84.9 Å². The fraction of sp³-hybridized carbons (Fsp3) is 0.545. The molecular formula is C22H30O8. The molecule has 2 heterocycles. The zero-order valence-corrected chi connectivity index (χ0v) is 17.1. The maximum Gasteiger partial charge on any atom is 0.338 e. The molecule has 0 unspecified atom stereocenters. The molecule has 0 saturated carbocycles. The summed E-state index contributed by atoms with van der Waals surface area (Å²) in [5, 5.41) is 16.7. The van der Waals surface area contributed by atoms with Gasteiger partial charge in [0.15, 0.2) is 0 Å². The van der Waals surface area contributed by atoms with Gasteiger partial charge in [-0.2, -0.15) is 0 Å². The van der Waals surface area contributed by atoms with Gasteiger partial charge in [-0.05, 0) is 49.9 Å². The molecule has 3 rings (SSSR count). The SMILES string of the molecule is O=C(O)CCCCCCCCC(=O)O.O=C1OCCCCOC(=O)c2ccc1cc2. The summed E-state index contributed by atoms with van der Waals surface area (Å²) in [6.07, 6.45) is 7.23. The van der Waals surface area contributed by atoms with Gasteiger partial charge in [0.25, 0.3) is 0 Å². The fourth-order valence-electron chi connectivity index (χ4n) is 2.70. The van der Waals surface area contributed by atoms with Gasteiger partial charge in [0.05, 0.1) is 24.3 Å². The molecule has 2 aliphatic rings. The van der Waals surface area contributed by atoms with Crippen molar-refractivity contribution in [3.63, 3.8) is 0 Å². The number of carboxylic acid groups (broad SMARTS) is 2. The van der Waals surface area contributed by atoms with Crippen molar-refractivity contribution in [1.29, 1.82) is 0 Å². The van der Waals surface area contributed by atoms with Crippen LogP contribution in [0, 0.1) is 0 Å². The van der Waals surface area contributed by atoms with Gasteiger partial charge in [0.1, 0.15) is 0 Å². The normalized spacial score (nSPS) is 13.7. The number of unbranched alkanes of at least 4 members (excludes halogenated alkanes) is 5.